The van der Waals surface area contributed by atoms with Gasteiger partial charge in [0, 0.05) is 36.3 Å². The summed E-state index contributed by atoms with van der Waals surface area (Å²) in [5.41, 5.74) is 5.65. The fourth-order valence-electron chi connectivity index (χ4n) is 3.32. The van der Waals surface area contributed by atoms with Gasteiger partial charge in [0.15, 0.2) is 5.65 Å². The van der Waals surface area contributed by atoms with E-state index >= 15 is 0 Å². The monoisotopic (exact) mass is 342 g/mol. The van der Waals surface area contributed by atoms with Crippen LogP contribution < -0.4 is 5.32 Å². The molecule has 2 aromatic carbocycles. The van der Waals surface area contributed by atoms with Crippen molar-refractivity contribution < 1.29 is 0 Å². The molecule has 0 spiro atoms. The summed E-state index contributed by atoms with van der Waals surface area (Å²) in [5, 5.41) is 11.9. The highest BCUT2D eigenvalue weighted by molar-refractivity contribution is 5.77. The Kier molecular flexibility index (Phi) is 4.75. The maximum Gasteiger partial charge on any atom is 0.181 e. The Bertz CT molecular complexity index is 937. The molecule has 0 aliphatic heterocycles. The molecule has 2 N–H and O–H groups in total. The first-order valence-corrected chi connectivity index (χ1v) is 8.91. The number of aromatic amines is 1. The minimum atomic E-state index is 0.324. The Labute approximate surface area is 153 Å². The zero-order valence-corrected chi connectivity index (χ0v) is 14.8. The molecule has 0 unspecified atom stereocenters. The molecule has 0 radical (unpaired) electrons. The summed E-state index contributed by atoms with van der Waals surface area (Å²) in [6.45, 7) is 3.68. The lowest BCUT2D eigenvalue weighted by Gasteiger charge is -2.19. The zero-order chi connectivity index (χ0) is 17.8. The van der Waals surface area contributed by atoms with Gasteiger partial charge in [0.2, 0.25) is 0 Å². The van der Waals surface area contributed by atoms with Crippen LogP contribution in [0.25, 0.3) is 11.0 Å². The Balaban J connectivity index is 1.50. The van der Waals surface area contributed by atoms with Crippen molar-refractivity contribution in [2.75, 3.05) is 6.54 Å². The first-order chi connectivity index (χ1) is 12.8. The molecule has 0 aliphatic carbocycles. The third kappa shape index (κ3) is 3.51. The average Bonchev–Trinajstić information content (AvgIpc) is 3.07. The Hall–Kier alpha value is -2.98. The molecule has 0 bridgehead atoms. The van der Waals surface area contributed by atoms with Gasteiger partial charge in [-0.1, -0.05) is 60.7 Å². The van der Waals surface area contributed by atoms with Crippen LogP contribution in [-0.4, -0.2) is 21.7 Å². The molecule has 26 heavy (non-hydrogen) atoms. The van der Waals surface area contributed by atoms with Gasteiger partial charge >= 0.3 is 0 Å². The van der Waals surface area contributed by atoms with Gasteiger partial charge in [-0.3, -0.25) is 5.10 Å². The second kappa shape index (κ2) is 7.50. The summed E-state index contributed by atoms with van der Waals surface area (Å²) in [6.07, 6.45) is 1.90. The van der Waals surface area contributed by atoms with Crippen molar-refractivity contribution in [3.05, 3.63) is 95.3 Å². The molecule has 2 aromatic heterocycles. The number of hydrogen-bond acceptors (Lipinski definition) is 3. The Morgan fingerprint density at radius 1 is 0.962 bits per heavy atom. The van der Waals surface area contributed by atoms with E-state index in [1.165, 1.54) is 16.7 Å². The summed E-state index contributed by atoms with van der Waals surface area (Å²) in [6, 6.07) is 23.5. The molecule has 4 nitrogen and oxygen atoms in total. The van der Waals surface area contributed by atoms with E-state index in [2.05, 4.69) is 87.2 Å². The van der Waals surface area contributed by atoms with Crippen molar-refractivity contribution in [2.45, 2.75) is 19.4 Å². The second-order valence-electron chi connectivity index (χ2n) is 6.57. The molecule has 4 heteroatoms. The van der Waals surface area contributed by atoms with E-state index in [-0.39, 0.29) is 0 Å². The molecule has 0 fully saturated rings. The number of H-pyrrole nitrogens is 1. The van der Waals surface area contributed by atoms with Crippen LogP contribution >= 0.6 is 0 Å². The summed E-state index contributed by atoms with van der Waals surface area (Å²) >= 11 is 0. The van der Waals surface area contributed by atoms with Crippen molar-refractivity contribution >= 4 is 11.0 Å². The highest BCUT2D eigenvalue weighted by atomic mass is 15.1. The lowest BCUT2D eigenvalue weighted by molar-refractivity contribution is 0.635. The van der Waals surface area contributed by atoms with Gasteiger partial charge in [-0.15, -0.1) is 0 Å². The molecule has 130 valence electrons. The van der Waals surface area contributed by atoms with E-state index in [1.54, 1.807) is 0 Å². The predicted molar refractivity (Wildman–Crippen MR) is 105 cm³/mol. The number of rotatable bonds is 6. The molecular weight excluding hydrogens is 320 g/mol. The summed E-state index contributed by atoms with van der Waals surface area (Å²) in [5.74, 6) is 0.324. The minimum Gasteiger partial charge on any atom is -0.312 e. The summed E-state index contributed by atoms with van der Waals surface area (Å²) < 4.78 is 0. The maximum absolute atomic E-state index is 4.43. The van der Waals surface area contributed by atoms with Gasteiger partial charge in [0.25, 0.3) is 0 Å². The van der Waals surface area contributed by atoms with Crippen LogP contribution in [0.2, 0.25) is 0 Å². The number of aromatic nitrogens is 3. The number of fused-ring (bicyclic) bond motifs is 1. The van der Waals surface area contributed by atoms with Crippen LogP contribution in [0.1, 0.15) is 28.3 Å². The lowest BCUT2D eigenvalue weighted by atomic mass is 9.91. The predicted octanol–water partition coefficient (Wildman–Crippen LogP) is 4.19. The van der Waals surface area contributed by atoms with E-state index in [1.807, 2.05) is 13.1 Å². The van der Waals surface area contributed by atoms with Crippen LogP contribution in [0, 0.1) is 6.92 Å². The number of benzene rings is 2. The van der Waals surface area contributed by atoms with E-state index in [4.69, 9.17) is 0 Å². The van der Waals surface area contributed by atoms with E-state index in [9.17, 15) is 0 Å². The number of hydrogen-bond donors (Lipinski definition) is 2. The number of nitrogens with one attached hydrogen (secondary N) is 2. The average molecular weight is 342 g/mol. The minimum absolute atomic E-state index is 0.324. The Morgan fingerprint density at radius 2 is 1.62 bits per heavy atom. The molecule has 0 saturated carbocycles. The third-order valence-electron chi connectivity index (χ3n) is 4.74. The van der Waals surface area contributed by atoms with E-state index in [0.29, 0.717) is 5.92 Å². The quantitative estimate of drug-likeness (QED) is 0.552. The highest BCUT2D eigenvalue weighted by Crippen LogP contribution is 2.24. The van der Waals surface area contributed by atoms with Gasteiger partial charge < -0.3 is 5.32 Å². The Morgan fingerprint density at radius 3 is 2.27 bits per heavy atom. The molecule has 0 aliphatic rings. The van der Waals surface area contributed by atoms with Crippen molar-refractivity contribution in [2.24, 2.45) is 0 Å². The van der Waals surface area contributed by atoms with Crippen molar-refractivity contribution in [3.8, 4) is 0 Å². The van der Waals surface area contributed by atoms with E-state index < -0.39 is 0 Å². The van der Waals surface area contributed by atoms with Gasteiger partial charge in [-0.25, -0.2) is 4.98 Å². The SMILES string of the molecule is Cc1[nH]nc2ncc(CNCC(c3ccccc3)c3ccccc3)cc12. The third-order valence-corrected chi connectivity index (χ3v) is 4.74. The van der Waals surface area contributed by atoms with Crippen LogP contribution in [-0.2, 0) is 6.54 Å². The van der Waals surface area contributed by atoms with Crippen LogP contribution in [0.3, 0.4) is 0 Å². The second-order valence-corrected chi connectivity index (χ2v) is 6.57. The largest absolute Gasteiger partial charge is 0.312 e. The number of nitrogens with zero attached hydrogens (tertiary/aromatic N) is 2. The van der Waals surface area contributed by atoms with E-state index in [0.717, 1.165) is 29.8 Å². The number of aryl methyl sites for hydroxylation is 1. The molecule has 0 saturated heterocycles. The fourth-order valence-corrected chi connectivity index (χ4v) is 3.32. The first-order valence-electron chi connectivity index (χ1n) is 8.91. The van der Waals surface area contributed by atoms with Gasteiger partial charge in [0.05, 0.1) is 0 Å². The molecule has 2 heterocycles. The highest BCUT2D eigenvalue weighted by Gasteiger charge is 2.13. The smallest absolute Gasteiger partial charge is 0.181 e. The van der Waals surface area contributed by atoms with Crippen molar-refractivity contribution in [1.82, 2.24) is 20.5 Å². The van der Waals surface area contributed by atoms with Gasteiger partial charge in [-0.05, 0) is 29.7 Å². The zero-order valence-electron chi connectivity index (χ0n) is 14.8. The van der Waals surface area contributed by atoms with Crippen LogP contribution in [0.5, 0.6) is 0 Å². The normalized spacial score (nSPS) is 11.3. The van der Waals surface area contributed by atoms with Crippen molar-refractivity contribution in [3.63, 3.8) is 0 Å². The number of pyridine rings is 1. The standard InChI is InChI=1S/C22H22N4/c1-16-20-12-17(14-24-22(20)26-25-16)13-23-15-21(18-8-4-2-5-9-18)19-10-6-3-7-11-19/h2-12,14,21,23H,13,15H2,1H3,(H,24,25,26). The maximum atomic E-state index is 4.43. The first kappa shape index (κ1) is 16.5. The summed E-state index contributed by atoms with van der Waals surface area (Å²) in [4.78, 5) is 4.43. The molecule has 0 amide bonds. The molecule has 0 atom stereocenters. The molecular formula is C22H22N4. The topological polar surface area (TPSA) is 53.6 Å². The fraction of sp³-hybridized carbons (Fsp3) is 0.182. The van der Waals surface area contributed by atoms with Crippen molar-refractivity contribution in [1.29, 1.82) is 0 Å². The van der Waals surface area contributed by atoms with Crippen LogP contribution in [0.4, 0.5) is 0 Å². The van der Waals surface area contributed by atoms with Crippen LogP contribution in [0.15, 0.2) is 72.9 Å². The lowest BCUT2D eigenvalue weighted by Crippen LogP contribution is -2.22. The van der Waals surface area contributed by atoms with Gasteiger partial charge in [-0.2, -0.15) is 5.10 Å². The molecule has 4 rings (SSSR count). The van der Waals surface area contributed by atoms with Gasteiger partial charge in [0.1, 0.15) is 0 Å². The summed E-state index contributed by atoms with van der Waals surface area (Å²) in [7, 11) is 0. The molecule has 4 aromatic rings.